The first-order valence-corrected chi connectivity index (χ1v) is 14.4. The fourth-order valence-corrected chi connectivity index (χ4v) is 3.66. The Labute approximate surface area is 276 Å². The summed E-state index contributed by atoms with van der Waals surface area (Å²) in [5.41, 5.74) is 10.1. The first-order chi connectivity index (χ1) is 21.6. The maximum absolute atomic E-state index is 11.7. The van der Waals surface area contributed by atoms with Crippen LogP contribution in [-0.2, 0) is 40.5 Å². The molecular formula is C35H41ClN4O6. The molecule has 0 aromatic heterocycles. The lowest BCUT2D eigenvalue weighted by molar-refractivity contribution is 0.0635. The standard InChI is InChI=1S/C20H24N2O4.C15H16N2O2.ClH/c1-20(2,3)26-19(24)22-17-11-9-15(10-12-17)13-21-18(23)25-14-16-7-5-4-6-8-16;16-14-8-6-12(7-9-14)10-17-15(18)19-11-13-4-2-1-3-5-13;/h4-12H,13-14H2,1-3H3,(H,21,23)(H,22,24);1-9H,10-11,16H2,(H,17,18);1H. The molecule has 0 spiro atoms. The molecule has 4 aromatic carbocycles. The molecule has 0 unspecified atom stereocenters. The van der Waals surface area contributed by atoms with Crippen molar-refractivity contribution in [1.82, 2.24) is 10.6 Å². The molecule has 5 N–H and O–H groups in total. The zero-order chi connectivity index (χ0) is 32.5. The number of nitrogen functional groups attached to an aromatic ring is 1. The van der Waals surface area contributed by atoms with Crippen LogP contribution in [0.1, 0.15) is 43.0 Å². The van der Waals surface area contributed by atoms with Crippen LogP contribution in [0.4, 0.5) is 25.8 Å². The number of nitrogens with two attached hydrogens (primary N) is 1. The van der Waals surface area contributed by atoms with Gasteiger partial charge in [0.2, 0.25) is 0 Å². The average molecular weight is 649 g/mol. The summed E-state index contributed by atoms with van der Waals surface area (Å²) in [5, 5.41) is 8.03. The molecule has 0 aliphatic rings. The van der Waals surface area contributed by atoms with Crippen molar-refractivity contribution in [2.45, 2.75) is 52.7 Å². The van der Waals surface area contributed by atoms with Gasteiger partial charge in [-0.05, 0) is 67.3 Å². The Bertz CT molecular complexity index is 1480. The number of carbonyl (C=O) groups excluding carboxylic acids is 3. The Morgan fingerprint density at radius 3 is 1.41 bits per heavy atom. The van der Waals surface area contributed by atoms with E-state index in [2.05, 4.69) is 16.0 Å². The SMILES string of the molecule is CC(C)(C)OC(=O)Nc1ccc(CNC(=O)OCc2ccccc2)cc1.Cl.Nc1ccc(CNC(=O)OCc2ccccc2)cc1. The van der Waals surface area contributed by atoms with Crippen molar-refractivity contribution >= 4 is 42.1 Å². The quantitative estimate of drug-likeness (QED) is 0.108. The Hall–Kier alpha value is -5.22. The van der Waals surface area contributed by atoms with E-state index in [0.717, 1.165) is 22.3 Å². The van der Waals surface area contributed by atoms with Gasteiger partial charge >= 0.3 is 18.3 Å². The monoisotopic (exact) mass is 648 g/mol. The summed E-state index contributed by atoms with van der Waals surface area (Å²) in [6, 6.07) is 33.5. The van der Waals surface area contributed by atoms with E-state index in [9.17, 15) is 14.4 Å². The molecule has 11 heteroatoms. The number of amides is 3. The van der Waals surface area contributed by atoms with Crippen LogP contribution < -0.4 is 21.7 Å². The highest BCUT2D eigenvalue weighted by atomic mass is 35.5. The molecule has 0 saturated carbocycles. The van der Waals surface area contributed by atoms with Crippen LogP contribution in [0.25, 0.3) is 0 Å². The van der Waals surface area contributed by atoms with Gasteiger partial charge < -0.3 is 30.6 Å². The first kappa shape index (κ1) is 37.0. The number of anilines is 2. The van der Waals surface area contributed by atoms with E-state index >= 15 is 0 Å². The second-order valence-electron chi connectivity index (χ2n) is 10.9. The molecule has 46 heavy (non-hydrogen) atoms. The number of nitrogens with one attached hydrogen (secondary N) is 3. The molecule has 0 radical (unpaired) electrons. The Kier molecular flexibility index (Phi) is 15.5. The lowest BCUT2D eigenvalue weighted by Gasteiger charge is -2.19. The highest BCUT2D eigenvalue weighted by molar-refractivity contribution is 5.85. The zero-order valence-electron chi connectivity index (χ0n) is 26.2. The van der Waals surface area contributed by atoms with Gasteiger partial charge in [-0.1, -0.05) is 84.9 Å². The molecule has 244 valence electrons. The number of benzene rings is 4. The summed E-state index contributed by atoms with van der Waals surface area (Å²) in [6.45, 7) is 6.67. The van der Waals surface area contributed by atoms with Crippen LogP contribution in [0, 0.1) is 0 Å². The third-order valence-corrected chi connectivity index (χ3v) is 5.88. The molecule has 4 aromatic rings. The summed E-state index contributed by atoms with van der Waals surface area (Å²) in [4.78, 5) is 34.9. The van der Waals surface area contributed by atoms with E-state index in [1.807, 2.05) is 84.9 Å². The zero-order valence-corrected chi connectivity index (χ0v) is 27.0. The molecule has 0 atom stereocenters. The molecular weight excluding hydrogens is 608 g/mol. The maximum Gasteiger partial charge on any atom is 0.412 e. The van der Waals surface area contributed by atoms with Gasteiger partial charge in [0, 0.05) is 24.5 Å². The van der Waals surface area contributed by atoms with Crippen LogP contribution in [0.2, 0.25) is 0 Å². The first-order valence-electron chi connectivity index (χ1n) is 14.4. The fraction of sp³-hybridized carbons (Fsp3) is 0.229. The van der Waals surface area contributed by atoms with Crippen molar-refractivity contribution in [3.05, 3.63) is 131 Å². The van der Waals surface area contributed by atoms with E-state index < -0.39 is 23.9 Å². The largest absolute Gasteiger partial charge is 0.445 e. The van der Waals surface area contributed by atoms with E-state index in [4.69, 9.17) is 19.9 Å². The molecule has 0 aliphatic carbocycles. The second-order valence-corrected chi connectivity index (χ2v) is 10.9. The number of rotatable bonds is 9. The maximum atomic E-state index is 11.7. The van der Waals surface area contributed by atoms with Crippen molar-refractivity contribution in [3.8, 4) is 0 Å². The molecule has 0 aliphatic heterocycles. The molecule has 4 rings (SSSR count). The molecule has 0 saturated heterocycles. The van der Waals surface area contributed by atoms with E-state index in [1.54, 1.807) is 45.0 Å². The summed E-state index contributed by atoms with van der Waals surface area (Å²) in [6.07, 6.45) is -1.42. The van der Waals surface area contributed by atoms with Gasteiger partial charge in [0.25, 0.3) is 0 Å². The smallest absolute Gasteiger partial charge is 0.412 e. The van der Waals surface area contributed by atoms with Gasteiger partial charge in [0.15, 0.2) is 0 Å². The minimum Gasteiger partial charge on any atom is -0.445 e. The second kappa shape index (κ2) is 19.2. The van der Waals surface area contributed by atoms with Gasteiger partial charge in [-0.2, -0.15) is 0 Å². The van der Waals surface area contributed by atoms with Gasteiger partial charge in [-0.15, -0.1) is 12.4 Å². The van der Waals surface area contributed by atoms with E-state index in [-0.39, 0.29) is 25.6 Å². The summed E-state index contributed by atoms with van der Waals surface area (Å²) < 4.78 is 15.4. The van der Waals surface area contributed by atoms with Crippen molar-refractivity contribution < 1.29 is 28.6 Å². The predicted molar refractivity (Wildman–Crippen MR) is 181 cm³/mol. The number of alkyl carbamates (subject to hydrolysis) is 2. The number of ether oxygens (including phenoxy) is 3. The Balaban J connectivity index is 0.000000328. The minimum atomic E-state index is -0.548. The molecule has 3 amide bonds. The van der Waals surface area contributed by atoms with Crippen LogP contribution in [-0.4, -0.2) is 23.9 Å². The Morgan fingerprint density at radius 2 is 1.00 bits per heavy atom. The van der Waals surface area contributed by atoms with Crippen molar-refractivity contribution in [3.63, 3.8) is 0 Å². The van der Waals surface area contributed by atoms with Gasteiger partial charge in [0.05, 0.1) is 0 Å². The van der Waals surface area contributed by atoms with E-state index in [1.165, 1.54) is 0 Å². The van der Waals surface area contributed by atoms with Crippen LogP contribution in [0.5, 0.6) is 0 Å². The number of hydrogen-bond donors (Lipinski definition) is 4. The lowest BCUT2D eigenvalue weighted by atomic mass is 10.2. The van der Waals surface area contributed by atoms with Crippen LogP contribution in [0.3, 0.4) is 0 Å². The minimum absolute atomic E-state index is 0. The van der Waals surface area contributed by atoms with Crippen molar-refractivity contribution in [2.24, 2.45) is 0 Å². The fourth-order valence-electron chi connectivity index (χ4n) is 3.66. The predicted octanol–water partition coefficient (Wildman–Crippen LogP) is 7.58. The third kappa shape index (κ3) is 15.5. The van der Waals surface area contributed by atoms with Gasteiger partial charge in [-0.3, -0.25) is 5.32 Å². The van der Waals surface area contributed by atoms with E-state index in [0.29, 0.717) is 24.5 Å². The third-order valence-electron chi connectivity index (χ3n) is 5.88. The lowest BCUT2D eigenvalue weighted by Crippen LogP contribution is -2.27. The molecule has 0 bridgehead atoms. The average Bonchev–Trinajstić information content (AvgIpc) is 3.02. The summed E-state index contributed by atoms with van der Waals surface area (Å²) >= 11 is 0. The molecule has 0 heterocycles. The summed E-state index contributed by atoms with van der Waals surface area (Å²) in [7, 11) is 0. The number of halogens is 1. The Morgan fingerprint density at radius 1 is 0.587 bits per heavy atom. The highest BCUT2D eigenvalue weighted by Crippen LogP contribution is 2.13. The van der Waals surface area contributed by atoms with Gasteiger partial charge in [0.1, 0.15) is 18.8 Å². The number of carbonyl (C=O) groups is 3. The molecule has 0 fully saturated rings. The number of hydrogen-bond acceptors (Lipinski definition) is 7. The van der Waals surface area contributed by atoms with Crippen LogP contribution >= 0.6 is 12.4 Å². The van der Waals surface area contributed by atoms with Crippen molar-refractivity contribution in [1.29, 1.82) is 0 Å². The topological polar surface area (TPSA) is 141 Å². The molecule has 10 nitrogen and oxygen atoms in total. The van der Waals surface area contributed by atoms with Crippen LogP contribution in [0.15, 0.2) is 109 Å². The summed E-state index contributed by atoms with van der Waals surface area (Å²) in [5.74, 6) is 0. The van der Waals surface area contributed by atoms with Crippen molar-refractivity contribution in [2.75, 3.05) is 11.1 Å². The highest BCUT2D eigenvalue weighted by Gasteiger charge is 2.16. The van der Waals surface area contributed by atoms with Gasteiger partial charge in [-0.25, -0.2) is 14.4 Å². The normalized spacial score (nSPS) is 10.2.